The highest BCUT2D eigenvalue weighted by molar-refractivity contribution is 7.16. The lowest BCUT2D eigenvalue weighted by Gasteiger charge is -2.01. The number of anilines is 2. The number of hydrogen-bond acceptors (Lipinski definition) is 5. The number of nitrogens with two attached hydrogens (primary N) is 2. The van der Waals surface area contributed by atoms with E-state index >= 15 is 0 Å². The molecule has 0 saturated heterocycles. The fourth-order valence-corrected chi connectivity index (χ4v) is 2.30. The zero-order chi connectivity index (χ0) is 14.4. The lowest BCUT2D eigenvalue weighted by molar-refractivity contribution is 0.340. The van der Waals surface area contributed by atoms with Gasteiger partial charge in [0.1, 0.15) is 5.75 Å². The summed E-state index contributed by atoms with van der Waals surface area (Å²) in [5.74, 6) is 0.836. The van der Waals surface area contributed by atoms with Gasteiger partial charge in [-0.15, -0.1) is 11.3 Å². The maximum atomic E-state index is 5.55. The molecule has 20 heavy (non-hydrogen) atoms. The summed E-state index contributed by atoms with van der Waals surface area (Å²) in [7, 11) is 0. The third-order valence-electron chi connectivity index (χ3n) is 2.52. The topological polar surface area (TPSA) is 74.2 Å². The third-order valence-corrected chi connectivity index (χ3v) is 3.33. The molecule has 1 heterocycles. The predicted molar refractivity (Wildman–Crippen MR) is 86.1 cm³/mol. The first kappa shape index (κ1) is 14.1. The van der Waals surface area contributed by atoms with E-state index in [1.54, 1.807) is 11.3 Å². The van der Waals surface area contributed by atoms with E-state index < -0.39 is 0 Å². The molecule has 0 aliphatic heterocycles. The number of aromatic nitrogens is 1. The molecule has 0 bridgehead atoms. The molecule has 0 fully saturated rings. The van der Waals surface area contributed by atoms with E-state index in [1.165, 1.54) is 4.70 Å². The Bertz CT molecular complexity index is 681. The van der Waals surface area contributed by atoms with Crippen molar-refractivity contribution in [2.45, 2.75) is 6.92 Å². The molecule has 0 aliphatic carbocycles. The first-order chi connectivity index (χ1) is 9.69. The SMILES string of the molecule is CCOc1cccc(N)c1.Nc1ccc2scnc2c1. The van der Waals surface area contributed by atoms with Crippen LogP contribution in [0.4, 0.5) is 11.4 Å². The second-order valence-corrected chi connectivity index (χ2v) is 4.97. The van der Waals surface area contributed by atoms with Gasteiger partial charge in [0.25, 0.3) is 0 Å². The highest BCUT2D eigenvalue weighted by atomic mass is 32.1. The van der Waals surface area contributed by atoms with E-state index in [0.29, 0.717) is 6.61 Å². The maximum Gasteiger partial charge on any atom is 0.121 e. The number of nitrogen functional groups attached to an aromatic ring is 2. The van der Waals surface area contributed by atoms with E-state index in [9.17, 15) is 0 Å². The maximum absolute atomic E-state index is 5.55. The Morgan fingerprint density at radius 1 is 1.10 bits per heavy atom. The standard InChI is InChI=1S/C8H11NO.C7H6N2S/c1-2-10-8-5-3-4-7(9)6-8;8-5-1-2-7-6(3-5)9-4-10-7/h3-6H,2,9H2,1H3;1-4H,8H2. The van der Waals surface area contributed by atoms with Gasteiger partial charge in [-0.2, -0.15) is 0 Å². The molecule has 3 aromatic rings. The molecular formula is C15H17N3OS. The van der Waals surface area contributed by atoms with E-state index in [-0.39, 0.29) is 0 Å². The van der Waals surface area contributed by atoms with E-state index in [4.69, 9.17) is 16.2 Å². The molecular weight excluding hydrogens is 270 g/mol. The summed E-state index contributed by atoms with van der Waals surface area (Å²) in [5.41, 5.74) is 15.4. The number of fused-ring (bicyclic) bond motifs is 1. The molecule has 104 valence electrons. The van der Waals surface area contributed by atoms with Crippen LogP contribution >= 0.6 is 11.3 Å². The van der Waals surface area contributed by atoms with Gasteiger partial charge in [0.05, 0.1) is 22.3 Å². The third kappa shape index (κ3) is 3.86. The smallest absolute Gasteiger partial charge is 0.121 e. The first-order valence-corrected chi connectivity index (χ1v) is 7.14. The Labute approximate surface area is 122 Å². The number of benzene rings is 2. The Hall–Kier alpha value is -2.27. The minimum Gasteiger partial charge on any atom is -0.494 e. The fourth-order valence-electron chi connectivity index (χ4n) is 1.65. The molecule has 0 aliphatic rings. The van der Waals surface area contributed by atoms with E-state index in [0.717, 1.165) is 22.6 Å². The van der Waals surface area contributed by atoms with Gasteiger partial charge in [0.2, 0.25) is 0 Å². The van der Waals surface area contributed by atoms with Crippen molar-refractivity contribution in [2.24, 2.45) is 0 Å². The van der Waals surface area contributed by atoms with Crippen molar-refractivity contribution in [3.63, 3.8) is 0 Å². The lowest BCUT2D eigenvalue weighted by atomic mass is 10.3. The van der Waals surface area contributed by atoms with Crippen LogP contribution < -0.4 is 16.2 Å². The molecule has 0 amide bonds. The Balaban J connectivity index is 0.000000147. The summed E-state index contributed by atoms with van der Waals surface area (Å²) in [6.45, 7) is 2.63. The van der Waals surface area contributed by atoms with Crippen molar-refractivity contribution in [3.8, 4) is 5.75 Å². The second-order valence-electron chi connectivity index (χ2n) is 4.09. The van der Waals surface area contributed by atoms with Crippen LogP contribution in [0.3, 0.4) is 0 Å². The van der Waals surface area contributed by atoms with Gasteiger partial charge in [-0.1, -0.05) is 6.07 Å². The van der Waals surface area contributed by atoms with Gasteiger partial charge in [-0.05, 0) is 37.3 Å². The number of thiazole rings is 1. The quantitative estimate of drug-likeness (QED) is 0.707. The molecule has 0 saturated carbocycles. The van der Waals surface area contributed by atoms with Crippen molar-refractivity contribution >= 4 is 32.9 Å². The van der Waals surface area contributed by atoms with Crippen LogP contribution in [0.25, 0.3) is 10.2 Å². The van der Waals surface area contributed by atoms with Gasteiger partial charge in [-0.3, -0.25) is 0 Å². The van der Waals surface area contributed by atoms with Crippen molar-refractivity contribution in [3.05, 3.63) is 48.0 Å². The average molecular weight is 287 g/mol. The summed E-state index contributed by atoms with van der Waals surface area (Å²) in [4.78, 5) is 4.12. The molecule has 1 aromatic heterocycles. The second kappa shape index (κ2) is 6.77. The zero-order valence-electron chi connectivity index (χ0n) is 11.2. The summed E-state index contributed by atoms with van der Waals surface area (Å²) >= 11 is 1.63. The molecule has 2 aromatic carbocycles. The monoisotopic (exact) mass is 287 g/mol. The zero-order valence-corrected chi connectivity index (χ0v) is 12.1. The first-order valence-electron chi connectivity index (χ1n) is 6.26. The molecule has 4 nitrogen and oxygen atoms in total. The van der Waals surface area contributed by atoms with Crippen LogP contribution in [0.5, 0.6) is 5.75 Å². The molecule has 0 spiro atoms. The van der Waals surface area contributed by atoms with Crippen molar-refractivity contribution in [1.29, 1.82) is 0 Å². The normalized spacial score (nSPS) is 9.85. The molecule has 3 rings (SSSR count). The number of rotatable bonds is 2. The summed E-state index contributed by atoms with van der Waals surface area (Å²) < 4.78 is 6.40. The molecule has 4 N–H and O–H groups in total. The largest absolute Gasteiger partial charge is 0.494 e. The Morgan fingerprint density at radius 3 is 2.65 bits per heavy atom. The van der Waals surface area contributed by atoms with Gasteiger partial charge >= 0.3 is 0 Å². The molecule has 0 radical (unpaired) electrons. The van der Waals surface area contributed by atoms with Gasteiger partial charge < -0.3 is 16.2 Å². The summed E-state index contributed by atoms with van der Waals surface area (Å²) in [6, 6.07) is 13.2. The van der Waals surface area contributed by atoms with Crippen molar-refractivity contribution in [1.82, 2.24) is 4.98 Å². The summed E-state index contributed by atoms with van der Waals surface area (Å²) in [6.07, 6.45) is 0. The Kier molecular flexibility index (Phi) is 4.79. The highest BCUT2D eigenvalue weighted by Gasteiger charge is 1.94. The number of hydrogen-bond donors (Lipinski definition) is 2. The van der Waals surface area contributed by atoms with Crippen LogP contribution in [0.2, 0.25) is 0 Å². The van der Waals surface area contributed by atoms with Crippen LogP contribution in [-0.4, -0.2) is 11.6 Å². The Morgan fingerprint density at radius 2 is 1.90 bits per heavy atom. The number of ether oxygens (including phenoxy) is 1. The molecule has 0 atom stereocenters. The van der Waals surface area contributed by atoms with Crippen LogP contribution in [0.1, 0.15) is 6.92 Å². The van der Waals surface area contributed by atoms with Crippen molar-refractivity contribution < 1.29 is 4.74 Å². The van der Waals surface area contributed by atoms with Crippen LogP contribution in [-0.2, 0) is 0 Å². The average Bonchev–Trinajstić information content (AvgIpc) is 2.87. The van der Waals surface area contributed by atoms with Crippen LogP contribution in [0.15, 0.2) is 48.0 Å². The predicted octanol–water partition coefficient (Wildman–Crippen LogP) is 3.55. The summed E-state index contributed by atoms with van der Waals surface area (Å²) in [5, 5.41) is 0. The van der Waals surface area contributed by atoms with Gasteiger partial charge in [0.15, 0.2) is 0 Å². The lowest BCUT2D eigenvalue weighted by Crippen LogP contribution is -1.92. The van der Waals surface area contributed by atoms with E-state index in [1.807, 2.05) is 54.9 Å². The molecule has 5 heteroatoms. The van der Waals surface area contributed by atoms with Gasteiger partial charge in [0, 0.05) is 17.4 Å². The minimum atomic E-state index is 0.684. The van der Waals surface area contributed by atoms with Gasteiger partial charge in [-0.25, -0.2) is 4.98 Å². The minimum absolute atomic E-state index is 0.684. The molecule has 0 unspecified atom stereocenters. The fraction of sp³-hybridized carbons (Fsp3) is 0.133. The van der Waals surface area contributed by atoms with Crippen LogP contribution in [0, 0.1) is 0 Å². The highest BCUT2D eigenvalue weighted by Crippen LogP contribution is 2.19. The van der Waals surface area contributed by atoms with Crippen molar-refractivity contribution in [2.75, 3.05) is 18.1 Å². The van der Waals surface area contributed by atoms with E-state index in [2.05, 4.69) is 4.98 Å². The number of nitrogens with zero attached hydrogens (tertiary/aromatic N) is 1.